The predicted molar refractivity (Wildman–Crippen MR) is 89.2 cm³/mol. The zero-order valence-corrected chi connectivity index (χ0v) is 13.3. The second-order valence-electron chi connectivity index (χ2n) is 5.78. The molecule has 0 bridgehead atoms. The zero-order valence-electron chi connectivity index (χ0n) is 13.3. The van der Waals surface area contributed by atoms with Gasteiger partial charge in [-0.05, 0) is 17.7 Å². The molecule has 1 fully saturated rings. The highest BCUT2D eigenvalue weighted by Crippen LogP contribution is 2.12. The van der Waals surface area contributed by atoms with Crippen LogP contribution in [0.5, 0.6) is 0 Å². The number of carbonyl (C=O) groups excluding carboxylic acids is 2. The molecule has 8 heteroatoms. The Morgan fingerprint density at radius 3 is 2.36 bits per heavy atom. The van der Waals surface area contributed by atoms with Crippen LogP contribution in [0.3, 0.4) is 0 Å². The quantitative estimate of drug-likeness (QED) is 0.515. The van der Waals surface area contributed by atoms with Gasteiger partial charge in [0.05, 0.1) is 0 Å². The van der Waals surface area contributed by atoms with E-state index in [0.29, 0.717) is 6.42 Å². The predicted octanol–water partition coefficient (Wildman–Crippen LogP) is -0.289. The first-order valence-electron chi connectivity index (χ1n) is 7.81. The molecule has 0 unspecified atom stereocenters. The Balaban J connectivity index is 1.68. The molecule has 0 spiro atoms. The normalized spacial score (nSPS) is 19.7. The first-order valence-corrected chi connectivity index (χ1v) is 7.81. The number of nitrogens with zero attached hydrogens (tertiary/aromatic N) is 1. The van der Waals surface area contributed by atoms with E-state index in [1.165, 1.54) is 4.68 Å². The smallest absolute Gasteiger partial charge is 0.322 e. The largest absolute Gasteiger partial charge is 0.480 e. The Labute approximate surface area is 143 Å². The number of carboxylic acids is 1. The van der Waals surface area contributed by atoms with Gasteiger partial charge in [0.2, 0.25) is 5.91 Å². The molecule has 0 aliphatic carbocycles. The van der Waals surface area contributed by atoms with Gasteiger partial charge in [0.1, 0.15) is 18.1 Å². The number of rotatable bonds is 7. The van der Waals surface area contributed by atoms with Crippen LogP contribution in [0.25, 0.3) is 0 Å². The average Bonchev–Trinajstić information content (AvgIpc) is 3.26. The van der Waals surface area contributed by atoms with Crippen molar-refractivity contribution >= 4 is 17.8 Å². The Bertz CT molecular complexity index is 760. The number of hydrogen-bond donors (Lipinski definition) is 4. The van der Waals surface area contributed by atoms with Crippen molar-refractivity contribution < 1.29 is 19.5 Å². The number of carbonyl (C=O) groups is 3. The van der Waals surface area contributed by atoms with Crippen molar-refractivity contribution in [2.45, 2.75) is 24.5 Å². The summed E-state index contributed by atoms with van der Waals surface area (Å²) >= 11 is 0. The summed E-state index contributed by atoms with van der Waals surface area (Å²) in [5.41, 5.74) is 3.55. The third kappa shape index (κ3) is 4.24. The highest BCUT2D eigenvalue weighted by atomic mass is 16.4. The van der Waals surface area contributed by atoms with E-state index in [2.05, 4.69) is 16.1 Å². The lowest BCUT2D eigenvalue weighted by molar-refractivity contribution is -0.137. The van der Waals surface area contributed by atoms with Gasteiger partial charge in [0.25, 0.3) is 5.91 Å². The van der Waals surface area contributed by atoms with Crippen molar-refractivity contribution in [2.24, 2.45) is 0 Å². The van der Waals surface area contributed by atoms with Crippen molar-refractivity contribution in [2.75, 3.05) is 5.43 Å². The zero-order chi connectivity index (χ0) is 17.8. The van der Waals surface area contributed by atoms with Crippen molar-refractivity contribution in [3.8, 4) is 0 Å². The van der Waals surface area contributed by atoms with Crippen molar-refractivity contribution in [1.82, 2.24) is 15.3 Å². The molecule has 2 heterocycles. The highest BCUT2D eigenvalue weighted by Gasteiger charge is 2.48. The maximum absolute atomic E-state index is 12.5. The van der Waals surface area contributed by atoms with Gasteiger partial charge in [-0.2, -0.15) is 0 Å². The fraction of sp³-hybridized carbons (Fsp3) is 0.235. The van der Waals surface area contributed by atoms with E-state index in [4.69, 9.17) is 5.11 Å². The summed E-state index contributed by atoms with van der Waals surface area (Å²) in [6, 6.07) is 10.3. The molecular formula is C17H18N4O4. The minimum atomic E-state index is -1.09. The standard InChI is InChI=1S/C17H18N4O4/c22-15(20-21-8-4-5-9-21)12(10-11-6-2-1-3-7-11)18-16(23)13-14(19-13)17(24)25/h1-9,12-14,19H,10H2,(H,18,23)(H,20,22)(H,24,25)/t12-,13-,14-/m0/s1. The molecule has 1 aliphatic heterocycles. The van der Waals surface area contributed by atoms with Gasteiger partial charge in [0.15, 0.2) is 0 Å². The van der Waals surface area contributed by atoms with E-state index in [0.717, 1.165) is 5.56 Å². The number of benzene rings is 1. The van der Waals surface area contributed by atoms with Crippen LogP contribution in [0.15, 0.2) is 54.9 Å². The third-order valence-corrected chi connectivity index (χ3v) is 3.89. The summed E-state index contributed by atoms with van der Waals surface area (Å²) in [7, 11) is 0. The monoisotopic (exact) mass is 342 g/mol. The minimum absolute atomic E-state index is 0.296. The van der Waals surface area contributed by atoms with Crippen LogP contribution < -0.4 is 16.1 Å². The molecule has 1 aromatic carbocycles. The molecule has 1 aromatic heterocycles. The van der Waals surface area contributed by atoms with E-state index >= 15 is 0 Å². The maximum Gasteiger partial charge on any atom is 0.322 e. The van der Waals surface area contributed by atoms with Crippen LogP contribution in [0, 0.1) is 0 Å². The number of nitrogens with one attached hydrogen (secondary N) is 3. The number of carboxylic acid groups (broad SMARTS) is 1. The molecule has 1 saturated heterocycles. The molecule has 8 nitrogen and oxygen atoms in total. The maximum atomic E-state index is 12.5. The van der Waals surface area contributed by atoms with Crippen LogP contribution in [0.4, 0.5) is 0 Å². The van der Waals surface area contributed by atoms with Gasteiger partial charge in [0, 0.05) is 18.8 Å². The molecule has 1 aliphatic rings. The topological polar surface area (TPSA) is 122 Å². The molecule has 25 heavy (non-hydrogen) atoms. The summed E-state index contributed by atoms with van der Waals surface area (Å²) < 4.78 is 1.49. The molecule has 3 rings (SSSR count). The molecule has 0 radical (unpaired) electrons. The number of aliphatic carboxylic acids is 1. The fourth-order valence-electron chi connectivity index (χ4n) is 2.51. The van der Waals surface area contributed by atoms with Gasteiger partial charge in [-0.15, -0.1) is 0 Å². The molecule has 2 amide bonds. The van der Waals surface area contributed by atoms with Crippen LogP contribution in [0.2, 0.25) is 0 Å². The first kappa shape index (κ1) is 16.7. The fourth-order valence-corrected chi connectivity index (χ4v) is 2.51. The van der Waals surface area contributed by atoms with Crippen LogP contribution >= 0.6 is 0 Å². The van der Waals surface area contributed by atoms with E-state index in [1.807, 2.05) is 30.3 Å². The van der Waals surface area contributed by atoms with E-state index in [9.17, 15) is 14.4 Å². The minimum Gasteiger partial charge on any atom is -0.480 e. The van der Waals surface area contributed by atoms with Crippen molar-refractivity contribution in [3.63, 3.8) is 0 Å². The molecule has 3 atom stereocenters. The van der Waals surface area contributed by atoms with Crippen LogP contribution in [-0.4, -0.2) is 45.7 Å². The summed E-state index contributed by atoms with van der Waals surface area (Å²) in [5, 5.41) is 14.1. The first-order chi connectivity index (χ1) is 12.0. The molecule has 4 N–H and O–H groups in total. The van der Waals surface area contributed by atoms with E-state index < -0.39 is 30.0 Å². The van der Waals surface area contributed by atoms with E-state index in [1.54, 1.807) is 24.5 Å². The van der Waals surface area contributed by atoms with Gasteiger partial charge < -0.3 is 10.4 Å². The Hall–Kier alpha value is -3.13. The van der Waals surface area contributed by atoms with Crippen LogP contribution in [0.1, 0.15) is 5.56 Å². The highest BCUT2D eigenvalue weighted by molar-refractivity contribution is 5.98. The number of amides is 2. The second kappa shape index (κ2) is 7.18. The lowest BCUT2D eigenvalue weighted by atomic mass is 10.1. The summed E-state index contributed by atoms with van der Waals surface area (Å²) in [6.07, 6.45) is 3.63. The molecular weight excluding hydrogens is 324 g/mol. The van der Waals surface area contributed by atoms with Gasteiger partial charge in [-0.25, -0.2) is 0 Å². The Morgan fingerprint density at radius 2 is 1.76 bits per heavy atom. The number of hydrogen-bond acceptors (Lipinski definition) is 4. The lowest BCUT2D eigenvalue weighted by Crippen LogP contribution is -2.48. The molecule has 2 aromatic rings. The van der Waals surface area contributed by atoms with Crippen molar-refractivity contribution in [3.05, 3.63) is 60.4 Å². The average molecular weight is 342 g/mol. The third-order valence-electron chi connectivity index (χ3n) is 3.89. The number of aromatic nitrogens is 1. The summed E-state index contributed by atoms with van der Waals surface area (Å²) in [5.74, 6) is -1.98. The SMILES string of the molecule is O=C(Nn1cccc1)[C@H](Cc1ccccc1)NC(=O)[C@H]1N[C@@H]1C(=O)O. The Morgan fingerprint density at radius 1 is 1.08 bits per heavy atom. The van der Waals surface area contributed by atoms with Crippen LogP contribution in [-0.2, 0) is 20.8 Å². The summed E-state index contributed by atoms with van der Waals surface area (Å²) in [4.78, 5) is 35.6. The van der Waals surface area contributed by atoms with Gasteiger partial charge >= 0.3 is 5.97 Å². The van der Waals surface area contributed by atoms with Crippen molar-refractivity contribution in [1.29, 1.82) is 0 Å². The van der Waals surface area contributed by atoms with Gasteiger partial charge in [-0.1, -0.05) is 30.3 Å². The molecule has 0 saturated carbocycles. The lowest BCUT2D eigenvalue weighted by Gasteiger charge is -2.19. The summed E-state index contributed by atoms with van der Waals surface area (Å²) in [6.45, 7) is 0. The Kier molecular flexibility index (Phi) is 4.80. The van der Waals surface area contributed by atoms with Gasteiger partial charge in [-0.3, -0.25) is 29.8 Å². The second-order valence-corrected chi connectivity index (χ2v) is 5.78. The van der Waals surface area contributed by atoms with E-state index in [-0.39, 0.29) is 5.91 Å². The molecule has 130 valence electrons.